The summed E-state index contributed by atoms with van der Waals surface area (Å²) in [6.45, 7) is 0. The van der Waals surface area contributed by atoms with Crippen LogP contribution in [-0.4, -0.2) is 42.6 Å². The van der Waals surface area contributed by atoms with Gasteiger partial charge >= 0.3 is 0 Å². The molecule has 2 aromatic heterocycles. The van der Waals surface area contributed by atoms with E-state index in [-0.39, 0.29) is 0 Å². The third-order valence-electron chi connectivity index (χ3n) is 4.12. The Kier molecular flexibility index (Phi) is 5.70. The molecule has 4 rings (SSSR count). The lowest BCUT2D eigenvalue weighted by Crippen LogP contribution is -2.03. The van der Waals surface area contributed by atoms with Crippen LogP contribution < -0.4 is 10.6 Å². The largest absolute Gasteiger partial charge is 0.345 e. The quantitative estimate of drug-likeness (QED) is 0.369. The molecule has 3 N–H and O–H groups in total. The molecule has 2 aromatic carbocycles. The van der Waals surface area contributed by atoms with E-state index < -0.39 is 15.6 Å². The van der Waals surface area contributed by atoms with Crippen molar-refractivity contribution in [3.8, 4) is 0 Å². The van der Waals surface area contributed by atoms with E-state index in [9.17, 15) is 9.00 Å². The number of halogens is 1. The van der Waals surface area contributed by atoms with Gasteiger partial charge in [-0.1, -0.05) is 0 Å². The number of amides is 1. The zero-order valence-corrected chi connectivity index (χ0v) is 19.0. The second-order valence-corrected chi connectivity index (χ2v) is 10.3. The van der Waals surface area contributed by atoms with Crippen LogP contribution in [0.15, 0.2) is 63.8 Å². The lowest BCUT2D eigenvalue weighted by Gasteiger charge is -2.10. The molecule has 0 fully saturated rings. The molecule has 0 bridgehead atoms. The Morgan fingerprint density at radius 2 is 1.81 bits per heavy atom. The second-order valence-electron chi connectivity index (χ2n) is 6.93. The van der Waals surface area contributed by atoms with E-state index in [0.29, 0.717) is 27.5 Å². The van der Waals surface area contributed by atoms with Gasteiger partial charge in [-0.05, 0) is 58.4 Å². The summed E-state index contributed by atoms with van der Waals surface area (Å²) in [5.74, 6) is 0.445. The molecule has 4 aromatic rings. The zero-order chi connectivity index (χ0) is 22.0. The topological polar surface area (TPSA) is 125 Å². The van der Waals surface area contributed by atoms with Crippen LogP contribution in [-0.2, 0) is 9.73 Å². The van der Waals surface area contributed by atoms with E-state index in [4.69, 9.17) is 0 Å². The first-order valence-electron chi connectivity index (χ1n) is 9.08. The van der Waals surface area contributed by atoms with Gasteiger partial charge in [0.2, 0.25) is 5.95 Å². The average Bonchev–Trinajstić information content (AvgIpc) is 3.18. The number of benzene rings is 2. The van der Waals surface area contributed by atoms with Gasteiger partial charge in [-0.2, -0.15) is 9.35 Å². The van der Waals surface area contributed by atoms with Gasteiger partial charge in [-0.3, -0.25) is 4.79 Å². The minimum atomic E-state index is -2.50. The first kappa shape index (κ1) is 20.9. The predicted molar refractivity (Wildman–Crippen MR) is 126 cm³/mol. The number of aromatic amines is 1. The molecule has 0 saturated carbocycles. The van der Waals surface area contributed by atoms with E-state index >= 15 is 0 Å². The number of rotatable bonds is 5. The van der Waals surface area contributed by atoms with E-state index in [0.717, 1.165) is 16.7 Å². The molecule has 2 heterocycles. The smallest absolute Gasteiger partial charge is 0.285 e. The number of carbonyl (C=O) groups is 1. The normalized spacial score (nSPS) is 11.3. The van der Waals surface area contributed by atoms with Crippen LogP contribution in [0.5, 0.6) is 0 Å². The Morgan fingerprint density at radius 1 is 1.06 bits per heavy atom. The monoisotopic (exact) mass is 499 g/mol. The van der Waals surface area contributed by atoms with Crippen LogP contribution in [0.25, 0.3) is 11.0 Å². The predicted octanol–water partition coefficient (Wildman–Crippen LogP) is 4.47. The Hall–Kier alpha value is -3.31. The SMILES string of the molecule is CS(C)(=O)=NC(=O)c1ccc(Nc2ncc(Br)c(Nc3ccc4[nH]cnc4c3)n2)cc1. The molecule has 0 aliphatic rings. The first-order valence-corrected chi connectivity index (χ1v) is 12.2. The van der Waals surface area contributed by atoms with Gasteiger partial charge in [0.25, 0.3) is 5.91 Å². The first-order chi connectivity index (χ1) is 14.8. The summed E-state index contributed by atoms with van der Waals surface area (Å²) in [4.78, 5) is 28.1. The summed E-state index contributed by atoms with van der Waals surface area (Å²) in [6, 6.07) is 12.4. The van der Waals surface area contributed by atoms with Gasteiger partial charge in [-0.25, -0.2) is 14.2 Å². The van der Waals surface area contributed by atoms with E-state index in [1.165, 1.54) is 12.5 Å². The van der Waals surface area contributed by atoms with Crippen molar-refractivity contribution in [2.75, 3.05) is 23.1 Å². The molecule has 11 heteroatoms. The summed E-state index contributed by atoms with van der Waals surface area (Å²) in [7, 11) is -2.50. The maximum absolute atomic E-state index is 12.0. The van der Waals surface area contributed by atoms with E-state index in [2.05, 4.69) is 50.9 Å². The molecule has 158 valence electrons. The fourth-order valence-corrected chi connectivity index (χ4v) is 3.53. The van der Waals surface area contributed by atoms with Crippen molar-refractivity contribution in [2.24, 2.45) is 4.36 Å². The van der Waals surface area contributed by atoms with Crippen molar-refractivity contribution in [1.29, 1.82) is 0 Å². The number of H-pyrrole nitrogens is 1. The molecule has 0 unspecified atom stereocenters. The van der Waals surface area contributed by atoms with Crippen LogP contribution in [0.1, 0.15) is 10.4 Å². The van der Waals surface area contributed by atoms with Gasteiger partial charge in [0.15, 0.2) is 0 Å². The highest BCUT2D eigenvalue weighted by Gasteiger charge is 2.09. The van der Waals surface area contributed by atoms with Crippen molar-refractivity contribution < 1.29 is 9.00 Å². The number of hydrogen-bond donors (Lipinski definition) is 3. The van der Waals surface area contributed by atoms with Crippen molar-refractivity contribution >= 4 is 65.7 Å². The standard InChI is InChI=1S/C20H18BrN7O2S/c1-31(2,30)28-19(29)12-3-5-13(6-4-12)26-20-22-10-15(21)18(27-20)25-14-7-8-16-17(9-14)24-11-23-16/h3-11H,1-2H3,(H,23,24)(H2,22,25,26,27). The third-order valence-corrected chi connectivity index (χ3v) is 5.30. The minimum Gasteiger partial charge on any atom is -0.345 e. The summed E-state index contributed by atoms with van der Waals surface area (Å²) in [5, 5.41) is 6.35. The van der Waals surface area contributed by atoms with E-state index in [1.54, 1.807) is 36.8 Å². The number of hydrogen-bond acceptors (Lipinski definition) is 7. The van der Waals surface area contributed by atoms with Gasteiger partial charge in [-0.15, -0.1) is 0 Å². The summed E-state index contributed by atoms with van der Waals surface area (Å²) in [5.41, 5.74) is 3.67. The maximum atomic E-state index is 12.0. The highest BCUT2D eigenvalue weighted by atomic mass is 79.9. The third kappa shape index (κ3) is 5.25. The molecular formula is C20H18BrN7O2S. The fourth-order valence-electron chi connectivity index (χ4n) is 2.74. The van der Waals surface area contributed by atoms with Gasteiger partial charge in [0.05, 0.1) is 21.8 Å². The summed E-state index contributed by atoms with van der Waals surface area (Å²) < 4.78 is 16.1. The number of anilines is 4. The number of nitrogens with one attached hydrogen (secondary N) is 3. The second kappa shape index (κ2) is 8.44. The Bertz CT molecular complexity index is 1380. The lowest BCUT2D eigenvalue weighted by molar-refractivity contribution is 0.100. The Labute approximate surface area is 187 Å². The Morgan fingerprint density at radius 3 is 2.55 bits per heavy atom. The average molecular weight is 500 g/mol. The lowest BCUT2D eigenvalue weighted by atomic mass is 10.2. The highest BCUT2D eigenvalue weighted by molar-refractivity contribution is 9.10. The molecule has 1 amide bonds. The summed E-state index contributed by atoms with van der Waals surface area (Å²) in [6.07, 6.45) is 6.13. The number of carbonyl (C=O) groups excluding carboxylic acids is 1. The van der Waals surface area contributed by atoms with E-state index in [1.807, 2.05) is 18.2 Å². The number of aromatic nitrogens is 4. The highest BCUT2D eigenvalue weighted by Crippen LogP contribution is 2.26. The van der Waals surface area contributed by atoms with Crippen molar-refractivity contribution in [1.82, 2.24) is 19.9 Å². The maximum Gasteiger partial charge on any atom is 0.285 e. The molecule has 0 spiro atoms. The Balaban J connectivity index is 1.51. The van der Waals surface area contributed by atoms with Gasteiger partial charge in [0, 0.05) is 45.4 Å². The van der Waals surface area contributed by atoms with Crippen LogP contribution in [0.2, 0.25) is 0 Å². The van der Waals surface area contributed by atoms with Crippen LogP contribution >= 0.6 is 15.9 Å². The summed E-state index contributed by atoms with van der Waals surface area (Å²) >= 11 is 3.46. The molecule has 0 atom stereocenters. The minimum absolute atomic E-state index is 0.356. The van der Waals surface area contributed by atoms with Crippen LogP contribution in [0.4, 0.5) is 23.1 Å². The molecule has 0 aliphatic heterocycles. The fraction of sp³-hybridized carbons (Fsp3) is 0.100. The molecule has 0 aliphatic carbocycles. The zero-order valence-electron chi connectivity index (χ0n) is 16.6. The van der Waals surface area contributed by atoms with Crippen molar-refractivity contribution in [3.05, 3.63) is 65.0 Å². The van der Waals surface area contributed by atoms with Crippen molar-refractivity contribution in [3.63, 3.8) is 0 Å². The number of imidazole rings is 1. The molecule has 31 heavy (non-hydrogen) atoms. The molecule has 0 radical (unpaired) electrons. The van der Waals surface area contributed by atoms with Crippen molar-refractivity contribution in [2.45, 2.75) is 0 Å². The molecule has 0 saturated heterocycles. The van der Waals surface area contributed by atoms with Gasteiger partial charge < -0.3 is 15.6 Å². The van der Waals surface area contributed by atoms with Crippen LogP contribution in [0, 0.1) is 0 Å². The molecule has 9 nitrogen and oxygen atoms in total. The van der Waals surface area contributed by atoms with Gasteiger partial charge in [0.1, 0.15) is 5.82 Å². The molecular weight excluding hydrogens is 482 g/mol. The number of fused-ring (bicyclic) bond motifs is 1. The van der Waals surface area contributed by atoms with Crippen LogP contribution in [0.3, 0.4) is 0 Å². The number of nitrogens with zero attached hydrogens (tertiary/aromatic N) is 4.